The number of benzene rings is 3. The summed E-state index contributed by atoms with van der Waals surface area (Å²) >= 11 is 1.26. The molecule has 6 heteroatoms. The number of carbonyl (C=O) groups excluding carboxylic acids is 2. The second-order valence-electron chi connectivity index (χ2n) is 6.59. The number of anilines is 1. The standard InChI is InChI=1S/C24H20N2O3S/c1-17-9-11-18(12-10-17)15-29-24(28)21-7-2-3-8-22(21)30-16-23(27)26-20-6-4-5-19(13-20)14-25/h2-13H,15-16H2,1H3,(H,26,27). The van der Waals surface area contributed by atoms with Crippen LogP contribution in [0.25, 0.3) is 0 Å². The van der Waals surface area contributed by atoms with Crippen LogP contribution in [-0.2, 0) is 16.1 Å². The Morgan fingerprint density at radius 1 is 1.03 bits per heavy atom. The molecule has 150 valence electrons. The van der Waals surface area contributed by atoms with Gasteiger partial charge in [0.2, 0.25) is 5.91 Å². The fourth-order valence-corrected chi connectivity index (χ4v) is 3.52. The van der Waals surface area contributed by atoms with Crippen molar-refractivity contribution in [3.63, 3.8) is 0 Å². The van der Waals surface area contributed by atoms with Gasteiger partial charge in [0, 0.05) is 10.6 Å². The molecule has 1 N–H and O–H groups in total. The molecule has 0 aliphatic rings. The lowest BCUT2D eigenvalue weighted by Crippen LogP contribution is -2.14. The monoisotopic (exact) mass is 416 g/mol. The van der Waals surface area contributed by atoms with Crippen molar-refractivity contribution in [3.05, 3.63) is 95.1 Å². The van der Waals surface area contributed by atoms with Crippen molar-refractivity contribution in [2.75, 3.05) is 11.1 Å². The van der Waals surface area contributed by atoms with Gasteiger partial charge in [0.1, 0.15) is 6.61 Å². The molecule has 1 amide bonds. The van der Waals surface area contributed by atoms with Gasteiger partial charge in [-0.2, -0.15) is 5.26 Å². The van der Waals surface area contributed by atoms with E-state index in [0.29, 0.717) is 21.7 Å². The summed E-state index contributed by atoms with van der Waals surface area (Å²) in [6.45, 7) is 2.19. The van der Waals surface area contributed by atoms with Crippen molar-refractivity contribution in [2.24, 2.45) is 0 Å². The van der Waals surface area contributed by atoms with Crippen molar-refractivity contribution < 1.29 is 14.3 Å². The smallest absolute Gasteiger partial charge is 0.339 e. The molecule has 0 radical (unpaired) electrons. The van der Waals surface area contributed by atoms with Crippen LogP contribution in [0.5, 0.6) is 0 Å². The first-order chi connectivity index (χ1) is 14.5. The van der Waals surface area contributed by atoms with E-state index in [1.165, 1.54) is 11.8 Å². The highest BCUT2D eigenvalue weighted by atomic mass is 32.2. The van der Waals surface area contributed by atoms with Crippen molar-refractivity contribution in [2.45, 2.75) is 18.4 Å². The highest BCUT2D eigenvalue weighted by Crippen LogP contribution is 2.24. The summed E-state index contributed by atoms with van der Waals surface area (Å²) in [4.78, 5) is 25.5. The van der Waals surface area contributed by atoms with Crippen molar-refractivity contribution in [3.8, 4) is 6.07 Å². The van der Waals surface area contributed by atoms with E-state index < -0.39 is 5.97 Å². The molecule has 5 nitrogen and oxygen atoms in total. The molecule has 0 fully saturated rings. The lowest BCUT2D eigenvalue weighted by molar-refractivity contribution is -0.113. The Balaban J connectivity index is 1.59. The predicted octanol–water partition coefficient (Wildman–Crippen LogP) is 4.95. The van der Waals surface area contributed by atoms with Gasteiger partial charge in [-0.25, -0.2) is 4.79 Å². The van der Waals surface area contributed by atoms with Crippen LogP contribution in [0.1, 0.15) is 27.0 Å². The first-order valence-corrected chi connectivity index (χ1v) is 10.3. The van der Waals surface area contributed by atoms with Gasteiger partial charge in [-0.3, -0.25) is 4.79 Å². The minimum Gasteiger partial charge on any atom is -0.457 e. The van der Waals surface area contributed by atoms with Crippen LogP contribution in [-0.4, -0.2) is 17.6 Å². The first kappa shape index (κ1) is 21.2. The molecule has 0 aliphatic heterocycles. The SMILES string of the molecule is Cc1ccc(COC(=O)c2ccccc2SCC(=O)Nc2cccc(C#N)c2)cc1. The van der Waals surface area contributed by atoms with E-state index in [2.05, 4.69) is 5.32 Å². The van der Waals surface area contributed by atoms with Gasteiger partial charge in [-0.1, -0.05) is 48.0 Å². The molecule has 0 unspecified atom stereocenters. The minimum absolute atomic E-state index is 0.124. The molecule has 0 atom stereocenters. The van der Waals surface area contributed by atoms with Gasteiger partial charge in [0.15, 0.2) is 0 Å². The molecule has 3 aromatic rings. The van der Waals surface area contributed by atoms with E-state index in [-0.39, 0.29) is 18.3 Å². The number of hydrogen-bond donors (Lipinski definition) is 1. The number of ether oxygens (including phenoxy) is 1. The maximum atomic E-state index is 12.5. The second-order valence-corrected chi connectivity index (χ2v) is 7.60. The van der Waals surface area contributed by atoms with Crippen LogP contribution in [0.15, 0.2) is 77.7 Å². The molecule has 0 heterocycles. The Labute approximate surface area is 179 Å². The Morgan fingerprint density at radius 3 is 2.57 bits per heavy atom. The largest absolute Gasteiger partial charge is 0.457 e. The van der Waals surface area contributed by atoms with Crippen LogP contribution in [0.4, 0.5) is 5.69 Å². The molecule has 0 aliphatic carbocycles. The zero-order valence-electron chi connectivity index (χ0n) is 16.4. The number of rotatable bonds is 7. The maximum Gasteiger partial charge on any atom is 0.339 e. The fraction of sp³-hybridized carbons (Fsp3) is 0.125. The minimum atomic E-state index is -0.430. The number of esters is 1. The molecule has 3 rings (SSSR count). The van der Waals surface area contributed by atoms with E-state index in [9.17, 15) is 9.59 Å². The number of nitriles is 1. The van der Waals surface area contributed by atoms with Crippen molar-refractivity contribution in [1.29, 1.82) is 5.26 Å². The maximum absolute atomic E-state index is 12.5. The van der Waals surface area contributed by atoms with E-state index in [1.807, 2.05) is 43.3 Å². The van der Waals surface area contributed by atoms with Gasteiger partial charge in [0.25, 0.3) is 0 Å². The number of amides is 1. The van der Waals surface area contributed by atoms with Crippen LogP contribution >= 0.6 is 11.8 Å². The van der Waals surface area contributed by atoms with Crippen molar-refractivity contribution >= 4 is 29.3 Å². The quantitative estimate of drug-likeness (QED) is 0.435. The predicted molar refractivity (Wildman–Crippen MR) is 117 cm³/mol. The van der Waals surface area contributed by atoms with E-state index >= 15 is 0 Å². The molecule has 0 saturated heterocycles. The van der Waals surface area contributed by atoms with Crippen LogP contribution in [0.3, 0.4) is 0 Å². The lowest BCUT2D eigenvalue weighted by atomic mass is 10.2. The number of nitrogens with zero attached hydrogens (tertiary/aromatic N) is 1. The summed E-state index contributed by atoms with van der Waals surface area (Å²) in [6, 6.07) is 23.6. The van der Waals surface area contributed by atoms with Crippen LogP contribution in [0, 0.1) is 18.3 Å². The third-order valence-electron chi connectivity index (χ3n) is 4.23. The highest BCUT2D eigenvalue weighted by Gasteiger charge is 2.14. The highest BCUT2D eigenvalue weighted by molar-refractivity contribution is 8.00. The number of hydrogen-bond acceptors (Lipinski definition) is 5. The second kappa shape index (κ2) is 10.3. The third-order valence-corrected chi connectivity index (χ3v) is 5.31. The van der Waals surface area contributed by atoms with E-state index in [0.717, 1.165) is 11.1 Å². The number of nitrogens with one attached hydrogen (secondary N) is 1. The molecule has 30 heavy (non-hydrogen) atoms. The lowest BCUT2D eigenvalue weighted by Gasteiger charge is -2.10. The first-order valence-electron chi connectivity index (χ1n) is 9.29. The summed E-state index contributed by atoms with van der Waals surface area (Å²) in [5.41, 5.74) is 3.52. The van der Waals surface area contributed by atoms with Gasteiger partial charge in [-0.15, -0.1) is 11.8 Å². The Hall–Kier alpha value is -3.56. The Morgan fingerprint density at radius 2 is 1.80 bits per heavy atom. The molecule has 0 aromatic heterocycles. The summed E-state index contributed by atoms with van der Waals surface area (Å²) in [7, 11) is 0. The topological polar surface area (TPSA) is 79.2 Å². The normalized spacial score (nSPS) is 10.1. The van der Waals surface area contributed by atoms with Gasteiger partial charge in [-0.05, 0) is 42.8 Å². The van der Waals surface area contributed by atoms with Crippen LogP contribution in [0.2, 0.25) is 0 Å². The van der Waals surface area contributed by atoms with E-state index in [1.54, 1.807) is 42.5 Å². The average molecular weight is 417 g/mol. The fourth-order valence-electron chi connectivity index (χ4n) is 2.68. The number of thioether (sulfide) groups is 1. The summed E-state index contributed by atoms with van der Waals surface area (Å²) in [6.07, 6.45) is 0. The molecular formula is C24H20N2O3S. The van der Waals surface area contributed by atoms with E-state index in [4.69, 9.17) is 10.00 Å². The number of carbonyl (C=O) groups is 2. The zero-order valence-corrected chi connectivity index (χ0v) is 17.2. The molecule has 0 spiro atoms. The summed E-state index contributed by atoms with van der Waals surface area (Å²) in [5.74, 6) is -0.530. The zero-order chi connectivity index (χ0) is 21.3. The van der Waals surface area contributed by atoms with Gasteiger partial charge >= 0.3 is 5.97 Å². The number of aryl methyl sites for hydroxylation is 1. The molecular weight excluding hydrogens is 396 g/mol. The third kappa shape index (κ3) is 5.97. The summed E-state index contributed by atoms with van der Waals surface area (Å²) < 4.78 is 5.44. The Bertz CT molecular complexity index is 1090. The van der Waals surface area contributed by atoms with Crippen molar-refractivity contribution in [1.82, 2.24) is 0 Å². The average Bonchev–Trinajstić information content (AvgIpc) is 2.77. The Kier molecular flexibility index (Phi) is 7.25. The molecule has 0 bridgehead atoms. The van der Waals surface area contributed by atoms with Crippen LogP contribution < -0.4 is 5.32 Å². The van der Waals surface area contributed by atoms with Gasteiger partial charge < -0.3 is 10.1 Å². The molecule has 3 aromatic carbocycles. The summed E-state index contributed by atoms with van der Waals surface area (Å²) in [5, 5.41) is 11.7. The van der Waals surface area contributed by atoms with Gasteiger partial charge in [0.05, 0.1) is 22.9 Å². The molecule has 0 saturated carbocycles.